The SMILES string of the molecule is C=C[C@@H]1C[C@]1(NC(=O)[C@@H]1C[C@@H](Oc2nccc3cc(OC)ccc23)CN1C(=O)[C@@H](NC(=O)N[C@H](C(=O)O)C(C)(C)C)C(C)(C)C)C(=O)NS(=O)(=O)C1CC1. The topological polar surface area (TPSA) is 222 Å². The number of fused-ring (bicyclic) bond motifs is 1. The molecule has 2 aliphatic carbocycles. The minimum Gasteiger partial charge on any atom is -0.497 e. The largest absolute Gasteiger partial charge is 0.497 e. The number of aromatic nitrogens is 1. The second kappa shape index (κ2) is 14.7. The average Bonchev–Trinajstić information content (AvgIpc) is 4.01. The van der Waals surface area contributed by atoms with Crippen molar-refractivity contribution in [3.8, 4) is 11.6 Å². The molecule has 54 heavy (non-hydrogen) atoms. The number of aliphatic carboxylic acids is 1. The monoisotopic (exact) mass is 770 g/mol. The number of urea groups is 1. The first-order chi connectivity index (χ1) is 25.1. The summed E-state index contributed by atoms with van der Waals surface area (Å²) in [5.74, 6) is -3.23. The number of likely N-dealkylation sites (tertiary alicyclic amines) is 1. The van der Waals surface area contributed by atoms with Crippen LogP contribution >= 0.6 is 0 Å². The van der Waals surface area contributed by atoms with E-state index in [-0.39, 0.29) is 25.3 Å². The highest BCUT2D eigenvalue weighted by atomic mass is 32.2. The van der Waals surface area contributed by atoms with E-state index in [9.17, 15) is 37.5 Å². The van der Waals surface area contributed by atoms with Crippen LogP contribution in [0.1, 0.15) is 67.2 Å². The van der Waals surface area contributed by atoms with Crippen LogP contribution < -0.4 is 30.1 Å². The zero-order chi connectivity index (χ0) is 40.0. The van der Waals surface area contributed by atoms with Gasteiger partial charge in [-0.3, -0.25) is 19.1 Å². The molecule has 6 atom stereocenters. The number of pyridine rings is 1. The molecule has 5 amide bonds. The number of carbonyl (C=O) groups excluding carboxylic acids is 4. The highest BCUT2D eigenvalue weighted by Crippen LogP contribution is 2.45. The van der Waals surface area contributed by atoms with Gasteiger partial charge in [-0.2, -0.15) is 0 Å². The molecule has 294 valence electrons. The van der Waals surface area contributed by atoms with Gasteiger partial charge >= 0.3 is 12.0 Å². The molecule has 0 radical (unpaired) electrons. The number of nitrogens with zero attached hydrogens (tertiary/aromatic N) is 2. The third-order valence-electron chi connectivity index (χ3n) is 10.1. The van der Waals surface area contributed by atoms with Gasteiger partial charge in [0.15, 0.2) is 0 Å². The van der Waals surface area contributed by atoms with Crippen LogP contribution in [0.25, 0.3) is 10.8 Å². The van der Waals surface area contributed by atoms with E-state index >= 15 is 0 Å². The number of methoxy groups -OCH3 is 1. The predicted molar refractivity (Wildman–Crippen MR) is 198 cm³/mol. The van der Waals surface area contributed by atoms with Gasteiger partial charge in [0.05, 0.1) is 18.9 Å². The summed E-state index contributed by atoms with van der Waals surface area (Å²) < 4.78 is 39.2. The third-order valence-corrected chi connectivity index (χ3v) is 11.9. The summed E-state index contributed by atoms with van der Waals surface area (Å²) in [6, 6.07) is 2.44. The van der Waals surface area contributed by atoms with Gasteiger partial charge in [-0.1, -0.05) is 47.6 Å². The number of nitrogens with one attached hydrogen (secondary N) is 4. The van der Waals surface area contributed by atoms with Crippen molar-refractivity contribution in [3.05, 3.63) is 43.1 Å². The van der Waals surface area contributed by atoms with E-state index < -0.39 is 91.5 Å². The van der Waals surface area contributed by atoms with Crippen LogP contribution in [0.5, 0.6) is 11.6 Å². The lowest BCUT2D eigenvalue weighted by Crippen LogP contribution is -2.62. The lowest BCUT2D eigenvalue weighted by Gasteiger charge is -2.36. The van der Waals surface area contributed by atoms with Crippen LogP contribution in [-0.4, -0.2) is 102 Å². The molecule has 5 N–H and O–H groups in total. The summed E-state index contributed by atoms with van der Waals surface area (Å²) in [6.07, 6.45) is 3.15. The lowest BCUT2D eigenvalue weighted by atomic mass is 9.85. The molecule has 0 spiro atoms. The molecule has 0 bridgehead atoms. The Morgan fingerprint density at radius 2 is 1.69 bits per heavy atom. The number of rotatable bonds is 13. The Morgan fingerprint density at radius 1 is 1.04 bits per heavy atom. The van der Waals surface area contributed by atoms with Crippen LogP contribution in [0, 0.1) is 16.7 Å². The second-order valence-corrected chi connectivity index (χ2v) is 18.4. The maximum atomic E-state index is 14.6. The van der Waals surface area contributed by atoms with Crippen molar-refractivity contribution >= 4 is 50.5 Å². The minimum absolute atomic E-state index is 0.0448. The summed E-state index contributed by atoms with van der Waals surface area (Å²) in [6.45, 7) is 13.7. The van der Waals surface area contributed by atoms with E-state index in [1.165, 1.54) is 11.0 Å². The molecule has 1 aromatic heterocycles. The number of sulfonamides is 1. The van der Waals surface area contributed by atoms with E-state index in [1.54, 1.807) is 73.0 Å². The molecule has 3 fully saturated rings. The molecule has 0 unspecified atom stereocenters. The molecule has 2 aromatic rings. The number of ether oxygens (including phenoxy) is 2. The van der Waals surface area contributed by atoms with Crippen molar-refractivity contribution in [1.82, 2.24) is 30.6 Å². The van der Waals surface area contributed by atoms with Crippen LogP contribution in [0.2, 0.25) is 0 Å². The molecule has 17 heteroatoms. The van der Waals surface area contributed by atoms with Gasteiger partial charge in [0, 0.05) is 23.9 Å². The van der Waals surface area contributed by atoms with Gasteiger partial charge in [-0.15, -0.1) is 6.58 Å². The Bertz CT molecular complexity index is 1950. The zero-order valence-electron chi connectivity index (χ0n) is 31.6. The van der Waals surface area contributed by atoms with E-state index in [0.717, 1.165) is 5.39 Å². The van der Waals surface area contributed by atoms with Gasteiger partial charge in [-0.05, 0) is 59.7 Å². The van der Waals surface area contributed by atoms with E-state index in [2.05, 4.69) is 32.2 Å². The fraction of sp³-hybridized carbons (Fsp3) is 0.568. The van der Waals surface area contributed by atoms with Crippen LogP contribution in [0.3, 0.4) is 0 Å². The van der Waals surface area contributed by atoms with Crippen molar-refractivity contribution in [2.24, 2.45) is 16.7 Å². The van der Waals surface area contributed by atoms with Crippen molar-refractivity contribution in [2.45, 2.75) is 102 Å². The van der Waals surface area contributed by atoms with E-state index in [1.807, 2.05) is 6.07 Å². The summed E-state index contributed by atoms with van der Waals surface area (Å²) >= 11 is 0. The molecule has 2 heterocycles. The summed E-state index contributed by atoms with van der Waals surface area (Å²) in [5.41, 5.74) is -3.40. The molecule has 1 aromatic carbocycles. The van der Waals surface area contributed by atoms with Crippen molar-refractivity contribution < 1.29 is 47.0 Å². The van der Waals surface area contributed by atoms with Gasteiger partial charge in [-0.25, -0.2) is 23.0 Å². The zero-order valence-corrected chi connectivity index (χ0v) is 32.4. The highest BCUT2D eigenvalue weighted by Gasteiger charge is 2.62. The Hall–Kier alpha value is -4.93. The molecule has 5 rings (SSSR count). The van der Waals surface area contributed by atoms with Crippen LogP contribution in [-0.2, 0) is 29.2 Å². The fourth-order valence-corrected chi connectivity index (χ4v) is 8.03. The standard InChI is InChI=1S/C37H50N6O10S/c1-9-21-18-37(21,33(48)42-54(50,51)24-11-12-24)41-29(44)26-17-23(53-30-25-13-10-22(52-8)16-20(25)14-15-38-30)19-43(26)31(45)27(35(2,3)4)39-34(49)40-28(32(46)47)36(5,6)7/h9-10,13-16,21,23-24,26-28H,1,11-12,17-19H2,2-8H3,(H,41,44)(H,42,48)(H,46,47)(H2,39,40,49)/t21-,23-,26+,27-,28-,37-/m1/s1. The van der Waals surface area contributed by atoms with Gasteiger partial charge in [0.1, 0.15) is 35.5 Å². The van der Waals surface area contributed by atoms with E-state index in [4.69, 9.17) is 9.47 Å². The quantitative estimate of drug-likeness (QED) is 0.186. The van der Waals surface area contributed by atoms with Crippen molar-refractivity contribution in [3.63, 3.8) is 0 Å². The molecule has 3 aliphatic rings. The fourth-order valence-electron chi connectivity index (χ4n) is 6.67. The van der Waals surface area contributed by atoms with Crippen molar-refractivity contribution in [1.29, 1.82) is 0 Å². The summed E-state index contributed by atoms with van der Waals surface area (Å²) in [5, 5.41) is 18.4. The number of carbonyl (C=O) groups is 5. The Kier molecular flexibility index (Phi) is 11.0. The molecule has 2 saturated carbocycles. The maximum Gasteiger partial charge on any atom is 0.326 e. The normalized spacial score (nSPS) is 23.8. The minimum atomic E-state index is -3.94. The number of carboxylic acid groups (broad SMARTS) is 1. The average molecular weight is 771 g/mol. The first kappa shape index (κ1) is 40.3. The second-order valence-electron chi connectivity index (χ2n) is 16.4. The Balaban J connectivity index is 1.45. The molecule has 1 aliphatic heterocycles. The molecule has 1 saturated heterocycles. The molecular formula is C37H50N6O10S. The maximum absolute atomic E-state index is 14.6. The number of carboxylic acids is 1. The van der Waals surface area contributed by atoms with Crippen LogP contribution in [0.4, 0.5) is 4.79 Å². The predicted octanol–water partition coefficient (Wildman–Crippen LogP) is 2.47. The Labute approximate surface area is 314 Å². The van der Waals surface area contributed by atoms with E-state index in [0.29, 0.717) is 24.0 Å². The third kappa shape index (κ3) is 8.55. The number of hydrogen-bond donors (Lipinski definition) is 5. The van der Waals surface area contributed by atoms with Gasteiger partial charge in [0.2, 0.25) is 27.7 Å². The summed E-state index contributed by atoms with van der Waals surface area (Å²) in [4.78, 5) is 73.3. The summed E-state index contributed by atoms with van der Waals surface area (Å²) in [7, 11) is -2.39. The number of benzene rings is 1. The Morgan fingerprint density at radius 3 is 2.24 bits per heavy atom. The van der Waals surface area contributed by atoms with Crippen LogP contribution in [0.15, 0.2) is 43.1 Å². The number of amides is 5. The van der Waals surface area contributed by atoms with Gasteiger partial charge in [0.25, 0.3) is 5.91 Å². The molecule has 16 nitrogen and oxygen atoms in total. The highest BCUT2D eigenvalue weighted by molar-refractivity contribution is 7.91. The first-order valence-corrected chi connectivity index (χ1v) is 19.4. The van der Waals surface area contributed by atoms with Crippen molar-refractivity contribution in [2.75, 3.05) is 13.7 Å². The smallest absolute Gasteiger partial charge is 0.326 e. The van der Waals surface area contributed by atoms with Gasteiger partial charge < -0.3 is 35.4 Å². The lowest BCUT2D eigenvalue weighted by molar-refractivity contribution is -0.142. The molecular weight excluding hydrogens is 721 g/mol. The first-order valence-electron chi connectivity index (χ1n) is 17.8. The number of hydrogen-bond acceptors (Lipinski definition) is 10.